The molecular formula is C21H11Cl2N3O2S2. The van der Waals surface area contributed by atoms with Crippen LogP contribution in [-0.2, 0) is 0 Å². The maximum absolute atomic E-state index is 12.7. The van der Waals surface area contributed by atoms with E-state index in [0.717, 1.165) is 10.4 Å². The summed E-state index contributed by atoms with van der Waals surface area (Å²) in [5.41, 5.74) is 0.571. The number of halogens is 2. The van der Waals surface area contributed by atoms with E-state index in [0.29, 0.717) is 36.9 Å². The first-order valence-electron chi connectivity index (χ1n) is 8.75. The molecule has 148 valence electrons. The molecule has 0 saturated heterocycles. The molecule has 0 aliphatic rings. The van der Waals surface area contributed by atoms with Gasteiger partial charge in [0.2, 0.25) is 4.96 Å². The van der Waals surface area contributed by atoms with Gasteiger partial charge in [-0.25, -0.2) is 0 Å². The number of hydrogen-bond donors (Lipinski definition) is 0. The first-order chi connectivity index (χ1) is 14.6. The molecule has 30 heavy (non-hydrogen) atoms. The Morgan fingerprint density at radius 2 is 1.97 bits per heavy atom. The number of furan rings is 1. The Balaban J connectivity index is 1.45. The van der Waals surface area contributed by atoms with E-state index in [1.165, 1.54) is 15.9 Å². The van der Waals surface area contributed by atoms with Gasteiger partial charge in [0.25, 0.3) is 5.56 Å². The van der Waals surface area contributed by atoms with Gasteiger partial charge in [-0.2, -0.15) is 9.50 Å². The minimum Gasteiger partial charge on any atom is -0.457 e. The van der Waals surface area contributed by atoms with Crippen LogP contribution in [0.1, 0.15) is 16.5 Å². The SMILES string of the molecule is O=c1/c(=C/c2ccc(-c3ccc(Cl)c(Cl)c3)o2)sc2nc(/C=C/c3cccs3)nn12. The molecule has 0 aliphatic heterocycles. The van der Waals surface area contributed by atoms with Gasteiger partial charge in [-0.3, -0.25) is 4.79 Å². The standard InChI is InChI=1S/C21H11Cl2N3O2S2/c22-15-6-3-12(10-16(15)23)17-7-4-13(28-17)11-18-20(27)26-21(30-18)24-19(25-26)8-5-14-2-1-9-29-14/h1-11H/b8-5+,18-11-. The van der Waals surface area contributed by atoms with E-state index in [9.17, 15) is 4.79 Å². The van der Waals surface area contributed by atoms with Crippen LogP contribution in [0.2, 0.25) is 10.0 Å². The summed E-state index contributed by atoms with van der Waals surface area (Å²) in [5.74, 6) is 1.68. The zero-order valence-electron chi connectivity index (χ0n) is 15.1. The second-order valence-corrected chi connectivity index (χ2v) is 9.06. The number of thiophene rings is 1. The predicted octanol–water partition coefficient (Wildman–Crippen LogP) is 5.50. The van der Waals surface area contributed by atoms with E-state index in [2.05, 4.69) is 10.1 Å². The Bertz CT molecular complexity index is 1500. The maximum atomic E-state index is 12.7. The van der Waals surface area contributed by atoms with Crippen molar-refractivity contribution in [3.63, 3.8) is 0 Å². The first kappa shape index (κ1) is 19.3. The van der Waals surface area contributed by atoms with E-state index >= 15 is 0 Å². The van der Waals surface area contributed by atoms with Crippen molar-refractivity contribution in [3.8, 4) is 11.3 Å². The number of thiazole rings is 1. The van der Waals surface area contributed by atoms with E-state index in [1.807, 2.05) is 35.7 Å². The number of rotatable bonds is 4. The zero-order chi connectivity index (χ0) is 20.7. The van der Waals surface area contributed by atoms with Crippen LogP contribution in [0.25, 0.3) is 34.5 Å². The van der Waals surface area contributed by atoms with Gasteiger partial charge in [0.15, 0.2) is 5.82 Å². The van der Waals surface area contributed by atoms with Gasteiger partial charge in [0, 0.05) is 16.5 Å². The highest BCUT2D eigenvalue weighted by Gasteiger charge is 2.11. The Labute approximate surface area is 188 Å². The molecule has 5 nitrogen and oxygen atoms in total. The van der Waals surface area contributed by atoms with Gasteiger partial charge in [0.1, 0.15) is 16.1 Å². The van der Waals surface area contributed by atoms with E-state index < -0.39 is 0 Å². The third-order valence-electron chi connectivity index (χ3n) is 4.24. The van der Waals surface area contributed by atoms with Crippen LogP contribution in [0.15, 0.2) is 57.1 Å². The highest BCUT2D eigenvalue weighted by atomic mass is 35.5. The van der Waals surface area contributed by atoms with Crippen molar-refractivity contribution in [2.24, 2.45) is 0 Å². The van der Waals surface area contributed by atoms with Crippen molar-refractivity contribution in [1.29, 1.82) is 0 Å². The predicted molar refractivity (Wildman–Crippen MR) is 123 cm³/mol. The zero-order valence-corrected chi connectivity index (χ0v) is 18.2. The highest BCUT2D eigenvalue weighted by Crippen LogP contribution is 2.29. The smallest absolute Gasteiger partial charge is 0.291 e. The molecule has 1 aromatic carbocycles. The summed E-state index contributed by atoms with van der Waals surface area (Å²) in [6.07, 6.45) is 5.41. The Morgan fingerprint density at radius 3 is 2.73 bits per heavy atom. The molecule has 0 radical (unpaired) electrons. The Morgan fingerprint density at radius 1 is 1.07 bits per heavy atom. The van der Waals surface area contributed by atoms with Gasteiger partial charge < -0.3 is 4.42 Å². The molecule has 0 amide bonds. The number of benzene rings is 1. The van der Waals surface area contributed by atoms with Crippen molar-refractivity contribution < 1.29 is 4.42 Å². The molecule has 0 unspecified atom stereocenters. The van der Waals surface area contributed by atoms with Crippen LogP contribution in [0.4, 0.5) is 0 Å². The first-order valence-corrected chi connectivity index (χ1v) is 11.2. The van der Waals surface area contributed by atoms with Crippen LogP contribution in [0.3, 0.4) is 0 Å². The molecule has 0 fully saturated rings. The fraction of sp³-hybridized carbons (Fsp3) is 0. The van der Waals surface area contributed by atoms with Crippen molar-refractivity contribution in [2.75, 3.05) is 0 Å². The second kappa shape index (κ2) is 7.85. The molecule has 4 aromatic heterocycles. The second-order valence-electron chi connectivity index (χ2n) is 6.26. The highest BCUT2D eigenvalue weighted by molar-refractivity contribution is 7.15. The van der Waals surface area contributed by atoms with Gasteiger partial charge in [-0.1, -0.05) is 40.6 Å². The molecule has 5 rings (SSSR count). The van der Waals surface area contributed by atoms with Crippen molar-refractivity contribution in [1.82, 2.24) is 14.6 Å². The van der Waals surface area contributed by atoms with Crippen LogP contribution in [0.5, 0.6) is 0 Å². The molecule has 4 heterocycles. The molecule has 0 spiro atoms. The van der Waals surface area contributed by atoms with Crippen molar-refractivity contribution in [2.45, 2.75) is 0 Å². The van der Waals surface area contributed by atoms with Gasteiger partial charge in [-0.05, 0) is 53.9 Å². The normalized spacial score (nSPS) is 12.5. The quantitative estimate of drug-likeness (QED) is 0.347. The van der Waals surface area contributed by atoms with Crippen molar-refractivity contribution in [3.05, 3.63) is 89.2 Å². The number of aromatic nitrogens is 3. The fourth-order valence-corrected chi connectivity index (χ4v) is 4.64. The molecule has 5 aromatic rings. The lowest BCUT2D eigenvalue weighted by atomic mass is 10.2. The third kappa shape index (κ3) is 3.73. The molecule has 0 bridgehead atoms. The van der Waals surface area contributed by atoms with E-state index in [1.54, 1.807) is 41.7 Å². The largest absolute Gasteiger partial charge is 0.457 e. The van der Waals surface area contributed by atoms with Gasteiger partial charge >= 0.3 is 0 Å². The Hall–Kier alpha value is -2.71. The van der Waals surface area contributed by atoms with E-state index in [-0.39, 0.29) is 5.56 Å². The summed E-state index contributed by atoms with van der Waals surface area (Å²) in [6, 6.07) is 12.9. The summed E-state index contributed by atoms with van der Waals surface area (Å²) in [6.45, 7) is 0. The molecule has 9 heteroatoms. The molecule has 0 aliphatic carbocycles. The minimum atomic E-state index is -0.231. The summed E-state index contributed by atoms with van der Waals surface area (Å²) in [7, 11) is 0. The van der Waals surface area contributed by atoms with Gasteiger partial charge in [0.05, 0.1) is 10.0 Å². The number of nitrogens with zero attached hydrogens (tertiary/aromatic N) is 3. The average Bonchev–Trinajstić information content (AvgIpc) is 3.51. The monoisotopic (exact) mass is 471 g/mol. The summed E-state index contributed by atoms with van der Waals surface area (Å²) < 4.78 is 7.66. The number of fused-ring (bicyclic) bond motifs is 1. The molecule has 0 atom stereocenters. The van der Waals surface area contributed by atoms with Crippen LogP contribution in [0, 0.1) is 0 Å². The summed E-state index contributed by atoms with van der Waals surface area (Å²) in [5, 5.41) is 7.22. The fourth-order valence-electron chi connectivity index (χ4n) is 2.83. The lowest BCUT2D eigenvalue weighted by molar-refractivity contribution is 0.571. The third-order valence-corrected chi connectivity index (χ3v) is 6.78. The summed E-state index contributed by atoms with van der Waals surface area (Å²) in [4.78, 5) is 18.7. The van der Waals surface area contributed by atoms with Crippen LogP contribution < -0.4 is 10.1 Å². The molecular weight excluding hydrogens is 461 g/mol. The summed E-state index contributed by atoms with van der Waals surface area (Å²) >= 11 is 14.9. The maximum Gasteiger partial charge on any atom is 0.291 e. The minimum absolute atomic E-state index is 0.231. The lowest BCUT2D eigenvalue weighted by Crippen LogP contribution is -2.23. The molecule has 0 N–H and O–H groups in total. The average molecular weight is 472 g/mol. The Kier molecular flexibility index (Phi) is 5.04. The van der Waals surface area contributed by atoms with Gasteiger partial charge in [-0.15, -0.1) is 16.4 Å². The molecule has 0 saturated carbocycles. The topological polar surface area (TPSA) is 60.4 Å². The van der Waals surface area contributed by atoms with Crippen LogP contribution >= 0.6 is 45.9 Å². The van der Waals surface area contributed by atoms with Crippen LogP contribution in [-0.4, -0.2) is 14.6 Å². The number of hydrogen-bond acceptors (Lipinski definition) is 6. The van der Waals surface area contributed by atoms with E-state index in [4.69, 9.17) is 27.6 Å². The lowest BCUT2D eigenvalue weighted by Gasteiger charge is -1.99. The van der Waals surface area contributed by atoms with Crippen molar-refractivity contribution >= 4 is 69.1 Å².